The second kappa shape index (κ2) is 9.69. The molecule has 1 fully saturated rings. The summed E-state index contributed by atoms with van der Waals surface area (Å²) in [6.45, 7) is 4.62. The van der Waals surface area contributed by atoms with Gasteiger partial charge >= 0.3 is 0 Å². The van der Waals surface area contributed by atoms with Crippen molar-refractivity contribution in [2.45, 2.75) is 38.4 Å². The quantitative estimate of drug-likeness (QED) is 0.703. The average molecular weight is 414 g/mol. The van der Waals surface area contributed by atoms with Crippen LogP contribution in [0, 0.1) is 12.7 Å². The standard InChI is InChI=1S/C22H24FN3O2S/c1-3-4-12-26-21(28)19(14-20(27)25-18-11-6-5-10-17(18)23)29-22(26)24-16-9-7-8-15(2)13-16/h5-11,13,19H,3-4,12,14H2,1-2H3,(H,25,27)/t19-/m0/s1. The fourth-order valence-electron chi connectivity index (χ4n) is 2.99. The first-order chi connectivity index (χ1) is 14.0. The lowest BCUT2D eigenvalue weighted by Gasteiger charge is -2.16. The molecule has 1 aliphatic heterocycles. The van der Waals surface area contributed by atoms with Crippen LogP contribution in [0.3, 0.4) is 0 Å². The lowest BCUT2D eigenvalue weighted by atomic mass is 10.2. The van der Waals surface area contributed by atoms with Gasteiger partial charge < -0.3 is 5.32 Å². The molecule has 5 nitrogen and oxygen atoms in total. The third-order valence-electron chi connectivity index (χ3n) is 4.50. The number of para-hydroxylation sites is 1. The van der Waals surface area contributed by atoms with Crippen LogP contribution in [0.5, 0.6) is 0 Å². The number of halogens is 1. The highest BCUT2D eigenvalue weighted by molar-refractivity contribution is 8.15. The smallest absolute Gasteiger partial charge is 0.242 e. The number of anilines is 1. The number of aliphatic imine (C=N–C) groups is 1. The van der Waals surface area contributed by atoms with Crippen LogP contribution in [-0.4, -0.2) is 33.7 Å². The highest BCUT2D eigenvalue weighted by Gasteiger charge is 2.38. The van der Waals surface area contributed by atoms with Crippen molar-refractivity contribution >= 4 is 40.1 Å². The van der Waals surface area contributed by atoms with Gasteiger partial charge in [0, 0.05) is 13.0 Å². The van der Waals surface area contributed by atoms with E-state index in [0.717, 1.165) is 24.1 Å². The number of hydrogen-bond acceptors (Lipinski definition) is 4. The maximum Gasteiger partial charge on any atom is 0.242 e. The number of amides is 2. The van der Waals surface area contributed by atoms with Crippen molar-refractivity contribution in [3.05, 3.63) is 59.9 Å². The summed E-state index contributed by atoms with van der Waals surface area (Å²) < 4.78 is 13.8. The SMILES string of the molecule is CCCCN1C(=O)[C@H](CC(=O)Nc2ccccc2F)SC1=Nc1cccc(C)c1. The summed E-state index contributed by atoms with van der Waals surface area (Å²) in [7, 11) is 0. The van der Waals surface area contributed by atoms with Crippen molar-refractivity contribution in [3.8, 4) is 0 Å². The molecule has 0 unspecified atom stereocenters. The number of hydrogen-bond donors (Lipinski definition) is 1. The second-order valence-corrected chi connectivity index (χ2v) is 8.09. The van der Waals surface area contributed by atoms with E-state index in [4.69, 9.17) is 0 Å². The predicted octanol–water partition coefficient (Wildman–Crippen LogP) is 4.89. The molecule has 2 aromatic carbocycles. The van der Waals surface area contributed by atoms with Crippen LogP contribution >= 0.6 is 11.8 Å². The molecule has 1 heterocycles. The first kappa shape index (κ1) is 21.0. The maximum atomic E-state index is 13.8. The molecule has 1 aliphatic rings. The van der Waals surface area contributed by atoms with Crippen LogP contribution in [0.2, 0.25) is 0 Å². The molecular formula is C22H24FN3O2S. The topological polar surface area (TPSA) is 61.8 Å². The summed E-state index contributed by atoms with van der Waals surface area (Å²) in [5.41, 5.74) is 1.98. The van der Waals surface area contributed by atoms with Gasteiger partial charge in [0.05, 0.1) is 11.4 Å². The van der Waals surface area contributed by atoms with Crippen molar-refractivity contribution in [1.82, 2.24) is 4.90 Å². The van der Waals surface area contributed by atoms with Crippen molar-refractivity contribution in [2.75, 3.05) is 11.9 Å². The Morgan fingerprint density at radius 1 is 1.24 bits per heavy atom. The monoisotopic (exact) mass is 413 g/mol. The van der Waals surface area contributed by atoms with Crippen molar-refractivity contribution in [1.29, 1.82) is 0 Å². The van der Waals surface area contributed by atoms with E-state index < -0.39 is 17.0 Å². The number of carbonyl (C=O) groups is 2. The number of thioether (sulfide) groups is 1. The Kier molecular flexibility index (Phi) is 7.04. The van der Waals surface area contributed by atoms with E-state index in [-0.39, 0.29) is 18.0 Å². The molecule has 3 rings (SSSR count). The molecule has 1 atom stereocenters. The van der Waals surface area contributed by atoms with Crippen molar-refractivity contribution in [3.63, 3.8) is 0 Å². The van der Waals surface area contributed by atoms with Gasteiger partial charge in [-0.15, -0.1) is 0 Å². The molecule has 0 spiro atoms. The maximum absolute atomic E-state index is 13.8. The molecule has 29 heavy (non-hydrogen) atoms. The van der Waals surface area contributed by atoms with Crippen LogP contribution in [0.4, 0.5) is 15.8 Å². The zero-order chi connectivity index (χ0) is 20.8. The lowest BCUT2D eigenvalue weighted by molar-refractivity contribution is -0.128. The van der Waals surface area contributed by atoms with Crippen molar-refractivity contribution < 1.29 is 14.0 Å². The molecule has 1 saturated heterocycles. The van der Waals surface area contributed by atoms with E-state index in [0.29, 0.717) is 11.7 Å². The predicted molar refractivity (Wildman–Crippen MR) is 116 cm³/mol. The van der Waals surface area contributed by atoms with Gasteiger partial charge in [-0.25, -0.2) is 9.38 Å². The van der Waals surface area contributed by atoms with E-state index in [9.17, 15) is 14.0 Å². The molecule has 0 saturated carbocycles. The average Bonchev–Trinajstić information content (AvgIpc) is 2.96. The summed E-state index contributed by atoms with van der Waals surface area (Å²) in [5.74, 6) is -1.02. The number of rotatable bonds is 7. The summed E-state index contributed by atoms with van der Waals surface area (Å²) >= 11 is 1.29. The van der Waals surface area contributed by atoms with Gasteiger partial charge in [0.25, 0.3) is 0 Å². The molecule has 0 aromatic heterocycles. The fraction of sp³-hybridized carbons (Fsp3) is 0.318. The second-order valence-electron chi connectivity index (χ2n) is 6.92. The fourth-order valence-corrected chi connectivity index (χ4v) is 4.17. The molecule has 1 N–H and O–H groups in total. The highest BCUT2D eigenvalue weighted by atomic mass is 32.2. The van der Waals surface area contributed by atoms with Gasteiger partial charge in [0.1, 0.15) is 11.1 Å². The molecular weight excluding hydrogens is 389 g/mol. The van der Waals surface area contributed by atoms with Crippen LogP contribution < -0.4 is 5.32 Å². The number of aryl methyl sites for hydroxylation is 1. The Morgan fingerprint density at radius 3 is 2.76 bits per heavy atom. The van der Waals surface area contributed by atoms with Crippen LogP contribution in [0.1, 0.15) is 31.7 Å². The minimum Gasteiger partial charge on any atom is -0.324 e. The lowest BCUT2D eigenvalue weighted by Crippen LogP contribution is -2.34. The number of unbranched alkanes of at least 4 members (excludes halogenated alkanes) is 1. The van der Waals surface area contributed by atoms with Gasteiger partial charge in [-0.3, -0.25) is 14.5 Å². The summed E-state index contributed by atoms with van der Waals surface area (Å²) in [6.07, 6.45) is 1.77. The highest BCUT2D eigenvalue weighted by Crippen LogP contribution is 2.32. The Morgan fingerprint density at radius 2 is 2.03 bits per heavy atom. The van der Waals surface area contributed by atoms with Gasteiger partial charge in [-0.05, 0) is 43.2 Å². The van der Waals surface area contributed by atoms with E-state index >= 15 is 0 Å². The number of carbonyl (C=O) groups excluding carboxylic acids is 2. The minimum absolute atomic E-state index is 0.0344. The Labute approximate surface area is 174 Å². The van der Waals surface area contributed by atoms with Crippen molar-refractivity contribution in [2.24, 2.45) is 4.99 Å². The molecule has 0 aliphatic carbocycles. The number of nitrogens with zero attached hydrogens (tertiary/aromatic N) is 2. The number of benzene rings is 2. The number of nitrogens with one attached hydrogen (secondary N) is 1. The molecule has 152 valence electrons. The van der Waals surface area contributed by atoms with E-state index in [1.807, 2.05) is 31.2 Å². The van der Waals surface area contributed by atoms with E-state index in [1.54, 1.807) is 17.0 Å². The van der Waals surface area contributed by atoms with Crippen LogP contribution in [0.15, 0.2) is 53.5 Å². The Balaban J connectivity index is 1.75. The van der Waals surface area contributed by atoms with Crippen LogP contribution in [-0.2, 0) is 9.59 Å². The van der Waals surface area contributed by atoms with E-state index in [2.05, 4.69) is 17.2 Å². The third-order valence-corrected chi connectivity index (χ3v) is 5.68. The molecule has 7 heteroatoms. The van der Waals surface area contributed by atoms with Gasteiger partial charge in [0.2, 0.25) is 11.8 Å². The van der Waals surface area contributed by atoms with Gasteiger partial charge in [-0.1, -0.05) is 49.4 Å². The molecule has 2 aromatic rings. The van der Waals surface area contributed by atoms with E-state index in [1.165, 1.54) is 23.9 Å². The zero-order valence-corrected chi connectivity index (χ0v) is 17.3. The normalized spacial score (nSPS) is 17.8. The summed E-state index contributed by atoms with van der Waals surface area (Å²) in [6, 6.07) is 13.7. The molecule has 2 amide bonds. The minimum atomic E-state index is -0.567. The molecule has 0 radical (unpaired) electrons. The Hall–Kier alpha value is -2.67. The first-order valence-corrected chi connectivity index (χ1v) is 10.5. The zero-order valence-electron chi connectivity index (χ0n) is 16.5. The Bertz CT molecular complexity index is 932. The van der Waals surface area contributed by atoms with Gasteiger partial charge in [-0.2, -0.15) is 0 Å². The van der Waals surface area contributed by atoms with Gasteiger partial charge in [0.15, 0.2) is 5.17 Å². The first-order valence-electron chi connectivity index (χ1n) is 9.65. The summed E-state index contributed by atoms with van der Waals surface area (Å²) in [4.78, 5) is 31.6. The summed E-state index contributed by atoms with van der Waals surface area (Å²) in [5, 5.41) is 2.59. The molecule has 0 bridgehead atoms. The third kappa shape index (κ3) is 5.44. The largest absolute Gasteiger partial charge is 0.324 e. The van der Waals surface area contributed by atoms with Crippen LogP contribution in [0.25, 0.3) is 0 Å². The number of amidine groups is 1.